The number of hydrogen-bond acceptors (Lipinski definition) is 6. The van der Waals surface area contributed by atoms with Crippen molar-refractivity contribution in [3.05, 3.63) is 36.5 Å². The number of ether oxygens (including phenoxy) is 1. The number of pyridine rings is 1. The van der Waals surface area contributed by atoms with Crippen LogP contribution in [-0.2, 0) is 4.74 Å². The Morgan fingerprint density at radius 3 is 2.75 bits per heavy atom. The number of rotatable bonds is 5. The lowest BCUT2D eigenvalue weighted by molar-refractivity contribution is 0.0701. The molecule has 1 N–H and O–H groups in total. The molecule has 5 heterocycles. The van der Waals surface area contributed by atoms with Gasteiger partial charge in [0.1, 0.15) is 5.82 Å². The Kier molecular flexibility index (Phi) is 5.02. The minimum atomic E-state index is 0.411. The summed E-state index contributed by atoms with van der Waals surface area (Å²) in [4.78, 5) is 14.0. The average Bonchev–Trinajstić information content (AvgIpc) is 3.55. The van der Waals surface area contributed by atoms with Crippen LogP contribution in [0.15, 0.2) is 30.7 Å². The minimum absolute atomic E-state index is 0.411. The van der Waals surface area contributed by atoms with Crippen LogP contribution in [0, 0.1) is 12.8 Å². The van der Waals surface area contributed by atoms with E-state index in [1.54, 1.807) is 0 Å². The number of nitrogens with one attached hydrogen (secondary N) is 1. The Bertz CT molecular complexity index is 1250. The zero-order valence-corrected chi connectivity index (χ0v) is 18.5. The first-order valence-corrected chi connectivity index (χ1v) is 11.8. The van der Waals surface area contributed by atoms with E-state index >= 15 is 0 Å². The SMILES string of the molecule is Cc1nc2ncc(-c3ccn4nc(NCC5CCCC5)ncc34)cc2n1C1CCOCC1. The molecule has 0 bridgehead atoms. The number of hydrogen-bond donors (Lipinski definition) is 1. The van der Waals surface area contributed by atoms with Crippen LogP contribution in [-0.4, -0.2) is 48.9 Å². The van der Waals surface area contributed by atoms with E-state index in [4.69, 9.17) is 9.72 Å². The summed E-state index contributed by atoms with van der Waals surface area (Å²) in [7, 11) is 0. The second-order valence-corrected chi connectivity index (χ2v) is 9.11. The summed E-state index contributed by atoms with van der Waals surface area (Å²) in [5.41, 5.74) is 5.01. The van der Waals surface area contributed by atoms with Gasteiger partial charge in [0.2, 0.25) is 5.95 Å². The van der Waals surface area contributed by atoms with Crippen LogP contribution in [0.1, 0.15) is 50.4 Å². The van der Waals surface area contributed by atoms with Crippen LogP contribution in [0.5, 0.6) is 0 Å². The molecule has 4 aromatic heterocycles. The molecule has 0 unspecified atom stereocenters. The van der Waals surface area contributed by atoms with Crippen LogP contribution < -0.4 is 5.32 Å². The smallest absolute Gasteiger partial charge is 0.241 e. The molecule has 1 saturated heterocycles. The summed E-state index contributed by atoms with van der Waals surface area (Å²) in [6.07, 6.45) is 13.1. The normalized spacial score (nSPS) is 18.2. The van der Waals surface area contributed by atoms with Crippen LogP contribution in [0.2, 0.25) is 0 Å². The van der Waals surface area contributed by atoms with Crippen LogP contribution in [0.3, 0.4) is 0 Å². The molecule has 1 aliphatic heterocycles. The lowest BCUT2D eigenvalue weighted by atomic mass is 10.1. The lowest BCUT2D eigenvalue weighted by Crippen LogP contribution is -2.20. The van der Waals surface area contributed by atoms with E-state index in [1.165, 1.54) is 25.7 Å². The Morgan fingerprint density at radius 2 is 1.91 bits per heavy atom. The Labute approximate surface area is 187 Å². The third-order valence-electron chi connectivity index (χ3n) is 7.03. The fourth-order valence-electron chi connectivity index (χ4n) is 5.32. The summed E-state index contributed by atoms with van der Waals surface area (Å²) >= 11 is 0. The molecular formula is C24H29N7O. The molecule has 32 heavy (non-hydrogen) atoms. The molecule has 1 saturated carbocycles. The maximum atomic E-state index is 5.57. The molecule has 6 rings (SSSR count). The highest BCUT2D eigenvalue weighted by Gasteiger charge is 2.21. The van der Waals surface area contributed by atoms with Gasteiger partial charge < -0.3 is 14.6 Å². The van der Waals surface area contributed by atoms with Gasteiger partial charge in [-0.3, -0.25) is 0 Å². The summed E-state index contributed by atoms with van der Waals surface area (Å²) in [5, 5.41) is 8.10. The van der Waals surface area contributed by atoms with Gasteiger partial charge in [0, 0.05) is 49.3 Å². The number of anilines is 1. The Balaban J connectivity index is 1.32. The molecule has 2 aliphatic rings. The van der Waals surface area contributed by atoms with Gasteiger partial charge in [0.15, 0.2) is 5.65 Å². The van der Waals surface area contributed by atoms with Gasteiger partial charge in [0.25, 0.3) is 0 Å². The zero-order chi connectivity index (χ0) is 21.5. The molecule has 8 nitrogen and oxygen atoms in total. The molecule has 0 amide bonds. The van der Waals surface area contributed by atoms with Gasteiger partial charge >= 0.3 is 0 Å². The van der Waals surface area contributed by atoms with E-state index in [0.717, 1.165) is 72.1 Å². The van der Waals surface area contributed by atoms with E-state index in [2.05, 4.69) is 44.0 Å². The Hall–Kier alpha value is -3.00. The zero-order valence-electron chi connectivity index (χ0n) is 18.5. The number of nitrogens with zero attached hydrogens (tertiary/aromatic N) is 6. The molecule has 2 fully saturated rings. The monoisotopic (exact) mass is 431 g/mol. The fraction of sp³-hybridized carbons (Fsp3) is 0.500. The molecule has 166 valence electrons. The molecule has 0 spiro atoms. The standard InChI is InChI=1S/C24H29N7O/c1-16-28-23-21(31(16)19-7-10-32-11-8-19)12-18(14-25-23)20-6-9-30-22(20)15-27-24(29-30)26-13-17-4-2-3-5-17/h6,9,12,14-15,17,19H,2-5,7-8,10-11,13H2,1H3,(H,26,29). The summed E-state index contributed by atoms with van der Waals surface area (Å²) in [5.74, 6) is 2.45. The van der Waals surface area contributed by atoms with E-state index in [0.29, 0.717) is 12.0 Å². The van der Waals surface area contributed by atoms with Gasteiger partial charge in [-0.15, -0.1) is 5.10 Å². The third-order valence-corrected chi connectivity index (χ3v) is 7.03. The Morgan fingerprint density at radius 1 is 1.06 bits per heavy atom. The van der Waals surface area contributed by atoms with Crippen LogP contribution >= 0.6 is 0 Å². The first kappa shape index (κ1) is 19.7. The van der Waals surface area contributed by atoms with Crippen molar-refractivity contribution in [1.82, 2.24) is 29.1 Å². The van der Waals surface area contributed by atoms with Crippen molar-refractivity contribution >= 4 is 22.6 Å². The molecule has 0 radical (unpaired) electrons. The van der Waals surface area contributed by atoms with Gasteiger partial charge in [0.05, 0.1) is 17.2 Å². The van der Waals surface area contributed by atoms with Crippen molar-refractivity contribution in [2.45, 2.75) is 51.5 Å². The predicted octanol–water partition coefficient (Wildman–Crippen LogP) is 4.40. The highest BCUT2D eigenvalue weighted by molar-refractivity contribution is 5.85. The first-order chi connectivity index (χ1) is 15.8. The van der Waals surface area contributed by atoms with Crippen LogP contribution in [0.25, 0.3) is 27.8 Å². The van der Waals surface area contributed by atoms with Crippen molar-refractivity contribution in [3.63, 3.8) is 0 Å². The van der Waals surface area contributed by atoms with Crippen molar-refractivity contribution in [2.24, 2.45) is 5.92 Å². The summed E-state index contributed by atoms with van der Waals surface area (Å²) in [6.45, 7) is 4.62. The minimum Gasteiger partial charge on any atom is -0.381 e. The molecule has 4 aromatic rings. The fourth-order valence-corrected chi connectivity index (χ4v) is 5.32. The quantitative estimate of drug-likeness (QED) is 0.504. The summed E-state index contributed by atoms with van der Waals surface area (Å²) < 4.78 is 9.81. The lowest BCUT2D eigenvalue weighted by Gasteiger charge is -2.25. The predicted molar refractivity (Wildman–Crippen MR) is 124 cm³/mol. The van der Waals surface area contributed by atoms with Gasteiger partial charge in [-0.25, -0.2) is 19.5 Å². The van der Waals surface area contributed by atoms with Crippen LogP contribution in [0.4, 0.5) is 5.95 Å². The second-order valence-electron chi connectivity index (χ2n) is 9.11. The second kappa shape index (κ2) is 8.16. The highest BCUT2D eigenvalue weighted by Crippen LogP contribution is 2.31. The van der Waals surface area contributed by atoms with E-state index in [1.807, 2.05) is 23.1 Å². The number of imidazole rings is 1. The topological polar surface area (TPSA) is 82.2 Å². The largest absolute Gasteiger partial charge is 0.381 e. The number of fused-ring (bicyclic) bond motifs is 2. The molecule has 0 aromatic carbocycles. The van der Waals surface area contributed by atoms with E-state index < -0.39 is 0 Å². The number of aromatic nitrogens is 6. The third kappa shape index (κ3) is 3.52. The van der Waals surface area contributed by atoms with E-state index in [-0.39, 0.29) is 0 Å². The molecule has 8 heteroatoms. The maximum absolute atomic E-state index is 5.57. The van der Waals surface area contributed by atoms with Gasteiger partial charge in [-0.05, 0) is 50.7 Å². The molecular weight excluding hydrogens is 402 g/mol. The molecule has 0 atom stereocenters. The number of aryl methyl sites for hydroxylation is 1. The maximum Gasteiger partial charge on any atom is 0.241 e. The van der Waals surface area contributed by atoms with E-state index in [9.17, 15) is 0 Å². The van der Waals surface area contributed by atoms with Crippen molar-refractivity contribution < 1.29 is 4.74 Å². The molecule has 1 aliphatic carbocycles. The average molecular weight is 432 g/mol. The highest BCUT2D eigenvalue weighted by atomic mass is 16.5. The first-order valence-electron chi connectivity index (χ1n) is 11.8. The van der Waals surface area contributed by atoms with Crippen molar-refractivity contribution in [1.29, 1.82) is 0 Å². The van der Waals surface area contributed by atoms with Gasteiger partial charge in [-0.2, -0.15) is 0 Å². The van der Waals surface area contributed by atoms with Gasteiger partial charge in [-0.1, -0.05) is 12.8 Å². The van der Waals surface area contributed by atoms with Crippen molar-refractivity contribution in [2.75, 3.05) is 25.1 Å². The van der Waals surface area contributed by atoms with Crippen molar-refractivity contribution in [3.8, 4) is 11.1 Å². The summed E-state index contributed by atoms with van der Waals surface area (Å²) in [6, 6.07) is 4.71.